The molecule has 0 radical (unpaired) electrons. The monoisotopic (exact) mass is 185 g/mol. The van der Waals surface area contributed by atoms with Gasteiger partial charge in [-0.15, -0.1) is 0 Å². The van der Waals surface area contributed by atoms with E-state index in [9.17, 15) is 9.59 Å². The number of carbonyl (C=O) groups is 2. The summed E-state index contributed by atoms with van der Waals surface area (Å²) in [5.41, 5.74) is -0.287. The predicted molar refractivity (Wildman–Crippen MR) is 47.4 cm³/mol. The molecule has 0 aliphatic carbocycles. The Morgan fingerprint density at radius 1 is 1.54 bits per heavy atom. The number of nitrogens with zero attached hydrogens (tertiary/aromatic N) is 1. The quantitative estimate of drug-likeness (QED) is 0.566. The number of methoxy groups -OCH3 is 1. The minimum absolute atomic E-state index is 0.101. The van der Waals surface area contributed by atoms with Crippen molar-refractivity contribution in [3.8, 4) is 0 Å². The van der Waals surface area contributed by atoms with Gasteiger partial charge in [0.2, 0.25) is 0 Å². The molecule has 1 amide bonds. The molecule has 0 saturated carbocycles. The highest BCUT2D eigenvalue weighted by atomic mass is 16.5. The maximum absolute atomic E-state index is 11.5. The van der Waals surface area contributed by atoms with Gasteiger partial charge in [-0.2, -0.15) is 0 Å². The lowest BCUT2D eigenvalue weighted by Gasteiger charge is -2.34. The standard InChI is InChI=1S/C9H15NO3/c1-9(2)4-5-10(6-7(9)11)8(12)13-3/h4-6H2,1-3H3. The molecule has 0 N–H and O–H groups in total. The Hall–Kier alpha value is -1.06. The van der Waals surface area contributed by atoms with Crippen LogP contribution in [0.3, 0.4) is 0 Å². The number of likely N-dealkylation sites (tertiary alicyclic amines) is 1. The number of carbonyl (C=O) groups excluding carboxylic acids is 2. The van der Waals surface area contributed by atoms with Gasteiger partial charge in [0.15, 0.2) is 5.78 Å². The first-order chi connectivity index (χ1) is 5.97. The Bertz CT molecular complexity index is 235. The van der Waals surface area contributed by atoms with Crippen molar-refractivity contribution in [2.45, 2.75) is 20.3 Å². The third kappa shape index (κ3) is 1.99. The predicted octanol–water partition coefficient (Wildman–Crippen LogP) is 1.05. The van der Waals surface area contributed by atoms with Crippen molar-refractivity contribution >= 4 is 11.9 Å². The van der Waals surface area contributed by atoms with Gasteiger partial charge in [-0.05, 0) is 6.42 Å². The van der Waals surface area contributed by atoms with E-state index in [1.807, 2.05) is 13.8 Å². The zero-order valence-corrected chi connectivity index (χ0v) is 8.29. The van der Waals surface area contributed by atoms with E-state index in [0.717, 1.165) is 0 Å². The van der Waals surface area contributed by atoms with Crippen LogP contribution in [0.4, 0.5) is 4.79 Å². The Morgan fingerprint density at radius 3 is 2.62 bits per heavy atom. The van der Waals surface area contributed by atoms with Gasteiger partial charge in [-0.25, -0.2) is 4.79 Å². The van der Waals surface area contributed by atoms with Crippen molar-refractivity contribution in [1.29, 1.82) is 0 Å². The van der Waals surface area contributed by atoms with E-state index in [1.165, 1.54) is 12.0 Å². The van der Waals surface area contributed by atoms with E-state index in [0.29, 0.717) is 13.0 Å². The molecule has 0 aromatic rings. The largest absolute Gasteiger partial charge is 0.453 e. The minimum atomic E-state index is -0.413. The zero-order chi connectivity index (χ0) is 10.1. The molecule has 0 unspecified atom stereocenters. The SMILES string of the molecule is COC(=O)N1CCC(C)(C)C(=O)C1. The van der Waals surface area contributed by atoms with Crippen LogP contribution in [0, 0.1) is 5.41 Å². The minimum Gasteiger partial charge on any atom is -0.453 e. The molecule has 0 spiro atoms. The first-order valence-electron chi connectivity index (χ1n) is 4.33. The molecule has 1 rings (SSSR count). The first-order valence-corrected chi connectivity index (χ1v) is 4.33. The third-order valence-corrected chi connectivity index (χ3v) is 2.53. The molecule has 0 aromatic carbocycles. The molecule has 0 bridgehead atoms. The molecule has 1 fully saturated rings. The second-order valence-electron chi connectivity index (χ2n) is 3.95. The Balaban J connectivity index is 2.61. The lowest BCUT2D eigenvalue weighted by Crippen LogP contribution is -2.47. The van der Waals surface area contributed by atoms with E-state index in [4.69, 9.17) is 0 Å². The smallest absolute Gasteiger partial charge is 0.409 e. The number of Topliss-reactive ketones (excluding diaryl/α,β-unsaturated/α-hetero) is 1. The summed E-state index contributed by atoms with van der Waals surface area (Å²) in [7, 11) is 1.33. The molecule has 0 aromatic heterocycles. The van der Waals surface area contributed by atoms with Crippen LogP contribution in [0.1, 0.15) is 20.3 Å². The van der Waals surface area contributed by atoms with Gasteiger partial charge in [0, 0.05) is 12.0 Å². The number of ether oxygens (including phenoxy) is 1. The van der Waals surface area contributed by atoms with Gasteiger partial charge < -0.3 is 9.64 Å². The Labute approximate surface area is 77.8 Å². The maximum Gasteiger partial charge on any atom is 0.409 e. The van der Waals surface area contributed by atoms with Crippen molar-refractivity contribution < 1.29 is 14.3 Å². The van der Waals surface area contributed by atoms with Crippen LogP contribution in [-0.2, 0) is 9.53 Å². The average molecular weight is 185 g/mol. The third-order valence-electron chi connectivity index (χ3n) is 2.53. The van der Waals surface area contributed by atoms with Gasteiger partial charge in [-0.3, -0.25) is 4.79 Å². The fourth-order valence-electron chi connectivity index (χ4n) is 1.31. The lowest BCUT2D eigenvalue weighted by atomic mass is 9.81. The number of hydrogen-bond donors (Lipinski definition) is 0. The summed E-state index contributed by atoms with van der Waals surface area (Å²) in [5, 5.41) is 0. The van der Waals surface area contributed by atoms with Gasteiger partial charge in [0.1, 0.15) is 0 Å². The molecule has 1 heterocycles. The van der Waals surface area contributed by atoms with Crippen molar-refractivity contribution in [2.75, 3.05) is 20.2 Å². The van der Waals surface area contributed by atoms with Gasteiger partial charge in [0.25, 0.3) is 0 Å². The van der Waals surface area contributed by atoms with Crippen molar-refractivity contribution in [2.24, 2.45) is 5.41 Å². The second-order valence-corrected chi connectivity index (χ2v) is 3.95. The molecule has 13 heavy (non-hydrogen) atoms. The van der Waals surface area contributed by atoms with Crippen molar-refractivity contribution in [1.82, 2.24) is 4.90 Å². The van der Waals surface area contributed by atoms with E-state index in [2.05, 4.69) is 4.74 Å². The van der Waals surface area contributed by atoms with Crippen LogP contribution in [0.2, 0.25) is 0 Å². The molecule has 1 aliphatic rings. The zero-order valence-electron chi connectivity index (χ0n) is 8.29. The number of ketones is 1. The summed E-state index contributed by atoms with van der Waals surface area (Å²) in [6.07, 6.45) is 0.296. The van der Waals surface area contributed by atoms with Crippen LogP contribution in [0.5, 0.6) is 0 Å². The maximum atomic E-state index is 11.5. The van der Waals surface area contributed by atoms with Gasteiger partial charge in [0.05, 0.1) is 13.7 Å². The molecular weight excluding hydrogens is 170 g/mol. The number of rotatable bonds is 0. The molecule has 74 valence electrons. The van der Waals surface area contributed by atoms with E-state index < -0.39 is 6.09 Å². The van der Waals surface area contributed by atoms with Crippen LogP contribution in [-0.4, -0.2) is 37.0 Å². The second kappa shape index (κ2) is 3.36. The lowest BCUT2D eigenvalue weighted by molar-refractivity contribution is -0.131. The summed E-state index contributed by atoms with van der Waals surface area (Å²) >= 11 is 0. The van der Waals surface area contributed by atoms with Gasteiger partial charge >= 0.3 is 6.09 Å². The summed E-state index contributed by atoms with van der Waals surface area (Å²) in [5.74, 6) is 0.101. The van der Waals surface area contributed by atoms with Crippen molar-refractivity contribution in [3.63, 3.8) is 0 Å². The van der Waals surface area contributed by atoms with Crippen LogP contribution >= 0.6 is 0 Å². The normalized spacial score (nSPS) is 21.5. The molecule has 4 nitrogen and oxygen atoms in total. The number of amides is 1. The molecular formula is C9H15NO3. The summed E-state index contributed by atoms with van der Waals surface area (Å²) in [6, 6.07) is 0. The fraction of sp³-hybridized carbons (Fsp3) is 0.778. The van der Waals surface area contributed by atoms with E-state index >= 15 is 0 Å². The van der Waals surface area contributed by atoms with Crippen LogP contribution in [0.25, 0.3) is 0 Å². The Kier molecular flexibility index (Phi) is 2.59. The fourth-order valence-corrected chi connectivity index (χ4v) is 1.31. The molecule has 4 heteroatoms. The topological polar surface area (TPSA) is 46.6 Å². The molecule has 1 saturated heterocycles. The first kappa shape index (κ1) is 10.0. The molecule has 1 aliphatic heterocycles. The molecule has 0 atom stereocenters. The van der Waals surface area contributed by atoms with E-state index in [-0.39, 0.29) is 17.7 Å². The average Bonchev–Trinajstić information content (AvgIpc) is 2.08. The van der Waals surface area contributed by atoms with Crippen molar-refractivity contribution in [3.05, 3.63) is 0 Å². The highest BCUT2D eigenvalue weighted by Crippen LogP contribution is 2.26. The van der Waals surface area contributed by atoms with Crippen LogP contribution < -0.4 is 0 Å². The van der Waals surface area contributed by atoms with Crippen LogP contribution in [0.15, 0.2) is 0 Å². The van der Waals surface area contributed by atoms with Gasteiger partial charge in [-0.1, -0.05) is 13.8 Å². The summed E-state index contributed by atoms with van der Waals surface area (Å²) in [4.78, 5) is 24.0. The highest BCUT2D eigenvalue weighted by molar-refractivity contribution is 5.89. The van der Waals surface area contributed by atoms with E-state index in [1.54, 1.807) is 0 Å². The number of piperidine rings is 1. The highest BCUT2D eigenvalue weighted by Gasteiger charge is 2.35. The number of hydrogen-bond acceptors (Lipinski definition) is 3. The summed E-state index contributed by atoms with van der Waals surface area (Å²) in [6.45, 7) is 4.60. The Morgan fingerprint density at radius 2 is 2.15 bits per heavy atom. The summed E-state index contributed by atoms with van der Waals surface area (Å²) < 4.78 is 4.54.